The van der Waals surface area contributed by atoms with Crippen molar-refractivity contribution in [3.05, 3.63) is 65.1 Å². The highest BCUT2D eigenvalue weighted by molar-refractivity contribution is 7.92. The van der Waals surface area contributed by atoms with Gasteiger partial charge in [-0.3, -0.25) is 4.72 Å². The summed E-state index contributed by atoms with van der Waals surface area (Å²) in [5.41, 5.74) is 1.21. The van der Waals surface area contributed by atoms with Gasteiger partial charge in [0.05, 0.1) is 21.1 Å². The third-order valence-corrected chi connectivity index (χ3v) is 5.17. The van der Waals surface area contributed by atoms with Crippen LogP contribution in [-0.2, 0) is 10.0 Å². The van der Waals surface area contributed by atoms with E-state index >= 15 is 0 Å². The smallest absolute Gasteiger partial charge is 0.261 e. The Balaban J connectivity index is 1.84. The van der Waals surface area contributed by atoms with Gasteiger partial charge in [0.1, 0.15) is 0 Å². The maximum absolute atomic E-state index is 12.3. The van der Waals surface area contributed by atoms with E-state index in [1.165, 1.54) is 24.6 Å². The molecule has 5 nitrogen and oxygen atoms in total. The molecule has 0 bridgehead atoms. The number of sulfonamides is 1. The molecule has 0 radical (unpaired) electrons. The Labute approximate surface area is 142 Å². The predicted molar refractivity (Wildman–Crippen MR) is 89.2 cm³/mol. The van der Waals surface area contributed by atoms with Crippen LogP contribution in [0, 0.1) is 0 Å². The first-order chi connectivity index (χ1) is 11.0. The van der Waals surface area contributed by atoms with Crippen molar-refractivity contribution in [1.82, 2.24) is 4.98 Å². The number of aromatic nitrogens is 1. The Morgan fingerprint density at radius 2 is 1.74 bits per heavy atom. The minimum absolute atomic E-state index is 0.0335. The van der Waals surface area contributed by atoms with E-state index in [1.807, 2.05) is 0 Å². The summed E-state index contributed by atoms with van der Waals surface area (Å²) in [6.07, 6.45) is 2.91. The average Bonchev–Trinajstić information content (AvgIpc) is 3.04. The number of halogens is 2. The van der Waals surface area contributed by atoms with Crippen molar-refractivity contribution in [1.29, 1.82) is 0 Å². The van der Waals surface area contributed by atoms with Crippen LogP contribution in [0.1, 0.15) is 0 Å². The van der Waals surface area contributed by atoms with Crippen molar-refractivity contribution >= 4 is 38.9 Å². The monoisotopic (exact) mass is 368 g/mol. The summed E-state index contributed by atoms with van der Waals surface area (Å²) in [6, 6.07) is 10.8. The van der Waals surface area contributed by atoms with Crippen LogP contribution in [-0.4, -0.2) is 13.4 Å². The third kappa shape index (κ3) is 3.50. The van der Waals surface area contributed by atoms with Crippen LogP contribution in [0.3, 0.4) is 0 Å². The lowest BCUT2D eigenvalue weighted by molar-refractivity contribution is 0.572. The van der Waals surface area contributed by atoms with Crippen molar-refractivity contribution in [2.75, 3.05) is 4.72 Å². The van der Waals surface area contributed by atoms with Gasteiger partial charge in [-0.2, -0.15) is 0 Å². The average molecular weight is 369 g/mol. The Kier molecular flexibility index (Phi) is 4.30. The number of hydrogen-bond donors (Lipinski definition) is 1. The van der Waals surface area contributed by atoms with E-state index in [4.69, 9.17) is 27.6 Å². The Morgan fingerprint density at radius 1 is 1.00 bits per heavy atom. The molecule has 0 amide bonds. The fraction of sp³-hybridized carbons (Fsp3) is 0. The summed E-state index contributed by atoms with van der Waals surface area (Å²) < 4.78 is 32.3. The van der Waals surface area contributed by atoms with Gasteiger partial charge in [0.15, 0.2) is 12.2 Å². The largest absolute Gasteiger partial charge is 0.444 e. The molecule has 0 atom stereocenters. The van der Waals surface area contributed by atoms with E-state index in [0.29, 0.717) is 16.5 Å². The van der Waals surface area contributed by atoms with Gasteiger partial charge in [0, 0.05) is 11.3 Å². The van der Waals surface area contributed by atoms with Crippen LogP contribution in [0.2, 0.25) is 10.0 Å². The maximum atomic E-state index is 12.3. The summed E-state index contributed by atoms with van der Waals surface area (Å²) in [6.45, 7) is 0. The Hall–Kier alpha value is -2.02. The zero-order chi connectivity index (χ0) is 16.4. The van der Waals surface area contributed by atoms with Crippen LogP contribution < -0.4 is 4.72 Å². The lowest BCUT2D eigenvalue weighted by Crippen LogP contribution is -2.12. The molecular formula is C15H10Cl2N2O3S. The maximum Gasteiger partial charge on any atom is 0.261 e. The first-order valence-corrected chi connectivity index (χ1v) is 8.66. The standard InChI is InChI=1S/C15H10Cl2N2O3S/c16-13-6-5-12(7-14(13)17)23(20,21)19-11-3-1-10(2-4-11)15-8-18-9-22-15/h1-9,19H. The summed E-state index contributed by atoms with van der Waals surface area (Å²) in [5.74, 6) is 0.601. The first kappa shape index (κ1) is 15.9. The van der Waals surface area contributed by atoms with Gasteiger partial charge in [-0.15, -0.1) is 0 Å². The zero-order valence-corrected chi connectivity index (χ0v) is 13.9. The van der Waals surface area contributed by atoms with Gasteiger partial charge in [-0.05, 0) is 42.5 Å². The number of rotatable bonds is 4. The number of benzene rings is 2. The minimum atomic E-state index is -3.75. The molecule has 0 saturated carbocycles. The Bertz CT molecular complexity index is 924. The number of nitrogens with one attached hydrogen (secondary N) is 1. The second-order valence-electron chi connectivity index (χ2n) is 4.62. The zero-order valence-electron chi connectivity index (χ0n) is 11.5. The topological polar surface area (TPSA) is 72.2 Å². The van der Waals surface area contributed by atoms with Gasteiger partial charge in [-0.1, -0.05) is 23.2 Å². The number of oxazole rings is 1. The predicted octanol–water partition coefficient (Wildman–Crippen LogP) is 4.45. The molecule has 0 saturated heterocycles. The fourth-order valence-corrected chi connectivity index (χ4v) is 3.37. The van der Waals surface area contributed by atoms with Gasteiger partial charge < -0.3 is 4.42 Å². The molecule has 0 aliphatic rings. The second-order valence-corrected chi connectivity index (χ2v) is 7.12. The normalized spacial score (nSPS) is 11.4. The third-order valence-electron chi connectivity index (χ3n) is 3.06. The van der Waals surface area contributed by atoms with Gasteiger partial charge >= 0.3 is 0 Å². The molecule has 2 aromatic carbocycles. The summed E-state index contributed by atoms with van der Waals surface area (Å²) in [4.78, 5) is 3.87. The van der Waals surface area contributed by atoms with Gasteiger partial charge in [0.2, 0.25) is 0 Å². The van der Waals surface area contributed by atoms with E-state index < -0.39 is 10.0 Å². The molecule has 118 valence electrons. The SMILES string of the molecule is O=S(=O)(Nc1ccc(-c2cnco2)cc1)c1ccc(Cl)c(Cl)c1. The lowest BCUT2D eigenvalue weighted by Gasteiger charge is -2.09. The van der Waals surface area contributed by atoms with Crippen molar-refractivity contribution < 1.29 is 12.8 Å². The number of hydrogen-bond acceptors (Lipinski definition) is 4. The molecule has 0 spiro atoms. The quantitative estimate of drug-likeness (QED) is 0.738. The molecule has 23 heavy (non-hydrogen) atoms. The number of nitrogens with zero attached hydrogens (tertiary/aromatic N) is 1. The van der Waals surface area contributed by atoms with E-state index in [-0.39, 0.29) is 9.92 Å². The van der Waals surface area contributed by atoms with Crippen molar-refractivity contribution in [3.8, 4) is 11.3 Å². The van der Waals surface area contributed by atoms with Crippen LogP contribution in [0.4, 0.5) is 5.69 Å². The second kappa shape index (κ2) is 6.23. The molecule has 0 aliphatic carbocycles. The molecule has 0 aliphatic heterocycles. The molecule has 8 heteroatoms. The molecule has 0 unspecified atom stereocenters. The van der Waals surface area contributed by atoms with E-state index in [0.717, 1.165) is 5.56 Å². The molecule has 1 aromatic heterocycles. The van der Waals surface area contributed by atoms with Crippen LogP contribution >= 0.6 is 23.2 Å². The highest BCUT2D eigenvalue weighted by atomic mass is 35.5. The van der Waals surface area contributed by atoms with Crippen molar-refractivity contribution in [3.63, 3.8) is 0 Å². The summed E-state index contributed by atoms with van der Waals surface area (Å²) in [5, 5.41) is 0.470. The molecule has 1 heterocycles. The van der Waals surface area contributed by atoms with E-state index in [1.54, 1.807) is 30.5 Å². The highest BCUT2D eigenvalue weighted by Gasteiger charge is 2.15. The first-order valence-electron chi connectivity index (χ1n) is 6.42. The molecule has 1 N–H and O–H groups in total. The lowest BCUT2D eigenvalue weighted by atomic mass is 10.2. The van der Waals surface area contributed by atoms with Gasteiger partial charge in [0.25, 0.3) is 10.0 Å². The Morgan fingerprint density at radius 3 is 2.35 bits per heavy atom. The molecule has 3 rings (SSSR count). The van der Waals surface area contributed by atoms with Crippen LogP contribution in [0.15, 0.2) is 64.4 Å². The van der Waals surface area contributed by atoms with E-state index in [2.05, 4.69) is 9.71 Å². The van der Waals surface area contributed by atoms with Crippen molar-refractivity contribution in [2.45, 2.75) is 4.90 Å². The summed E-state index contributed by atoms with van der Waals surface area (Å²) in [7, 11) is -3.75. The van der Waals surface area contributed by atoms with Crippen LogP contribution in [0.5, 0.6) is 0 Å². The highest BCUT2D eigenvalue weighted by Crippen LogP contribution is 2.27. The molecule has 3 aromatic rings. The van der Waals surface area contributed by atoms with Gasteiger partial charge in [-0.25, -0.2) is 13.4 Å². The summed E-state index contributed by atoms with van der Waals surface area (Å²) >= 11 is 11.7. The number of anilines is 1. The minimum Gasteiger partial charge on any atom is -0.444 e. The fourth-order valence-electron chi connectivity index (χ4n) is 1.92. The van der Waals surface area contributed by atoms with Crippen LogP contribution in [0.25, 0.3) is 11.3 Å². The molecular weight excluding hydrogens is 359 g/mol. The van der Waals surface area contributed by atoms with E-state index in [9.17, 15) is 8.42 Å². The van der Waals surface area contributed by atoms with Crippen molar-refractivity contribution in [2.24, 2.45) is 0 Å². The molecule has 0 fully saturated rings.